The Bertz CT molecular complexity index is 321. The molecule has 0 aliphatic rings. The number of nitrogens with one attached hydrogen (secondary N) is 1. The molecule has 21 heavy (non-hydrogen) atoms. The lowest BCUT2D eigenvalue weighted by Gasteiger charge is -2.30. The highest BCUT2D eigenvalue weighted by atomic mass is 16.4. The van der Waals surface area contributed by atoms with Gasteiger partial charge in [-0.1, -0.05) is 20.3 Å². The summed E-state index contributed by atoms with van der Waals surface area (Å²) in [6.07, 6.45) is 2.17. The SMILES string of the molecule is CCC(CCCC(C)C(=O)NC(CO)(CO)CO)C(=O)O. The first-order chi connectivity index (χ1) is 9.85. The number of aliphatic carboxylic acids is 1. The molecule has 0 saturated heterocycles. The minimum absolute atomic E-state index is 0.379. The summed E-state index contributed by atoms with van der Waals surface area (Å²) >= 11 is 0. The lowest BCUT2D eigenvalue weighted by molar-refractivity contribution is -0.142. The first-order valence-corrected chi connectivity index (χ1v) is 7.23. The molecule has 5 N–H and O–H groups in total. The van der Waals surface area contributed by atoms with Gasteiger partial charge in [0.25, 0.3) is 0 Å². The van der Waals surface area contributed by atoms with E-state index in [1.807, 2.05) is 6.92 Å². The van der Waals surface area contributed by atoms with Crippen molar-refractivity contribution in [3.63, 3.8) is 0 Å². The van der Waals surface area contributed by atoms with Gasteiger partial charge in [0, 0.05) is 5.92 Å². The van der Waals surface area contributed by atoms with Gasteiger partial charge < -0.3 is 25.7 Å². The molecule has 0 aliphatic carbocycles. The fourth-order valence-corrected chi connectivity index (χ4v) is 1.96. The molecule has 7 nitrogen and oxygen atoms in total. The zero-order valence-electron chi connectivity index (χ0n) is 12.7. The first kappa shape index (κ1) is 19.8. The minimum Gasteiger partial charge on any atom is -0.481 e. The van der Waals surface area contributed by atoms with E-state index >= 15 is 0 Å². The van der Waals surface area contributed by atoms with Crippen molar-refractivity contribution in [2.24, 2.45) is 11.8 Å². The van der Waals surface area contributed by atoms with Gasteiger partial charge >= 0.3 is 5.97 Å². The monoisotopic (exact) mass is 305 g/mol. The summed E-state index contributed by atoms with van der Waals surface area (Å²) in [6.45, 7) is 1.82. The van der Waals surface area contributed by atoms with Crippen LogP contribution in [0.15, 0.2) is 0 Å². The maximum Gasteiger partial charge on any atom is 0.306 e. The molecule has 7 heteroatoms. The molecule has 0 spiro atoms. The van der Waals surface area contributed by atoms with Gasteiger partial charge in [0.15, 0.2) is 0 Å². The number of carbonyl (C=O) groups excluding carboxylic acids is 1. The van der Waals surface area contributed by atoms with Crippen molar-refractivity contribution in [3.8, 4) is 0 Å². The van der Waals surface area contributed by atoms with E-state index in [9.17, 15) is 9.59 Å². The van der Waals surface area contributed by atoms with Crippen LogP contribution in [0.4, 0.5) is 0 Å². The number of rotatable bonds is 11. The summed E-state index contributed by atoms with van der Waals surface area (Å²) in [5.74, 6) is -1.99. The maximum absolute atomic E-state index is 12.0. The van der Waals surface area contributed by atoms with Crippen molar-refractivity contribution < 1.29 is 30.0 Å². The van der Waals surface area contributed by atoms with E-state index in [4.69, 9.17) is 20.4 Å². The Morgan fingerprint density at radius 1 is 1.10 bits per heavy atom. The molecule has 0 aromatic carbocycles. The molecule has 0 saturated carbocycles. The zero-order valence-corrected chi connectivity index (χ0v) is 12.7. The quantitative estimate of drug-likeness (QED) is 0.358. The van der Waals surface area contributed by atoms with Gasteiger partial charge in [0.1, 0.15) is 5.54 Å². The van der Waals surface area contributed by atoms with E-state index in [1.54, 1.807) is 6.92 Å². The Balaban J connectivity index is 4.31. The minimum atomic E-state index is -1.42. The third-order valence-electron chi connectivity index (χ3n) is 3.78. The van der Waals surface area contributed by atoms with E-state index in [-0.39, 0.29) is 11.8 Å². The average molecular weight is 305 g/mol. The van der Waals surface area contributed by atoms with Gasteiger partial charge in [0.05, 0.1) is 25.7 Å². The number of hydrogen-bond acceptors (Lipinski definition) is 5. The smallest absolute Gasteiger partial charge is 0.306 e. The van der Waals surface area contributed by atoms with Crippen molar-refractivity contribution in [1.29, 1.82) is 0 Å². The number of carboxylic acid groups (broad SMARTS) is 1. The first-order valence-electron chi connectivity index (χ1n) is 7.23. The predicted molar refractivity (Wildman–Crippen MR) is 76.6 cm³/mol. The second-order valence-corrected chi connectivity index (χ2v) is 5.52. The highest BCUT2D eigenvalue weighted by Crippen LogP contribution is 2.17. The maximum atomic E-state index is 12.0. The summed E-state index contributed by atoms with van der Waals surface area (Å²) in [7, 11) is 0. The molecular weight excluding hydrogens is 278 g/mol. The van der Waals surface area contributed by atoms with Gasteiger partial charge in [-0.15, -0.1) is 0 Å². The Kier molecular flexibility index (Phi) is 9.16. The molecule has 2 atom stereocenters. The van der Waals surface area contributed by atoms with Gasteiger partial charge in [-0.05, 0) is 19.3 Å². The summed E-state index contributed by atoms with van der Waals surface area (Å²) in [6, 6.07) is 0. The van der Waals surface area contributed by atoms with Crippen molar-refractivity contribution in [2.45, 2.75) is 45.1 Å². The average Bonchev–Trinajstić information content (AvgIpc) is 2.48. The summed E-state index contributed by atoms with van der Waals surface area (Å²) in [5, 5.41) is 38.8. The van der Waals surface area contributed by atoms with Crippen LogP contribution in [0.1, 0.15) is 39.5 Å². The third kappa shape index (κ3) is 6.41. The van der Waals surface area contributed by atoms with Crippen LogP contribution in [0.2, 0.25) is 0 Å². The van der Waals surface area contributed by atoms with Crippen LogP contribution in [0.25, 0.3) is 0 Å². The molecular formula is C14H27NO6. The van der Waals surface area contributed by atoms with E-state index in [0.29, 0.717) is 25.7 Å². The Morgan fingerprint density at radius 2 is 1.62 bits per heavy atom. The number of aliphatic hydroxyl groups excluding tert-OH is 3. The van der Waals surface area contributed by atoms with Crippen LogP contribution in [0, 0.1) is 11.8 Å². The van der Waals surface area contributed by atoms with E-state index in [0.717, 1.165) is 0 Å². The number of carboxylic acids is 1. The molecule has 0 radical (unpaired) electrons. The molecule has 124 valence electrons. The summed E-state index contributed by atoms with van der Waals surface area (Å²) in [4.78, 5) is 22.8. The molecule has 0 fully saturated rings. The third-order valence-corrected chi connectivity index (χ3v) is 3.78. The van der Waals surface area contributed by atoms with E-state index in [2.05, 4.69) is 5.32 Å². The molecule has 0 rings (SSSR count). The van der Waals surface area contributed by atoms with Crippen molar-refractivity contribution in [2.75, 3.05) is 19.8 Å². The fourth-order valence-electron chi connectivity index (χ4n) is 1.96. The number of amides is 1. The van der Waals surface area contributed by atoms with Crippen LogP contribution in [0.5, 0.6) is 0 Å². The molecule has 0 aliphatic heterocycles. The van der Waals surface area contributed by atoms with Crippen LogP contribution < -0.4 is 5.32 Å². The number of aliphatic hydroxyl groups is 3. The highest BCUT2D eigenvalue weighted by Gasteiger charge is 2.31. The molecule has 1 amide bonds. The molecule has 0 aromatic rings. The Morgan fingerprint density at radius 3 is 2.00 bits per heavy atom. The summed E-state index contributed by atoms with van der Waals surface area (Å²) in [5.41, 5.74) is -1.42. The lowest BCUT2D eigenvalue weighted by Crippen LogP contribution is -2.58. The zero-order chi connectivity index (χ0) is 16.5. The van der Waals surface area contributed by atoms with Gasteiger partial charge in [0.2, 0.25) is 5.91 Å². The summed E-state index contributed by atoms with van der Waals surface area (Å²) < 4.78 is 0. The Labute approximate surface area is 125 Å². The topological polar surface area (TPSA) is 127 Å². The van der Waals surface area contributed by atoms with Crippen LogP contribution >= 0.6 is 0 Å². The van der Waals surface area contributed by atoms with E-state index < -0.39 is 37.2 Å². The molecule has 0 bridgehead atoms. The van der Waals surface area contributed by atoms with Gasteiger partial charge in [-0.3, -0.25) is 9.59 Å². The lowest BCUT2D eigenvalue weighted by atomic mass is 9.94. The van der Waals surface area contributed by atoms with Gasteiger partial charge in [-0.25, -0.2) is 0 Å². The largest absolute Gasteiger partial charge is 0.481 e. The highest BCUT2D eigenvalue weighted by molar-refractivity contribution is 5.79. The van der Waals surface area contributed by atoms with Crippen LogP contribution in [-0.4, -0.2) is 57.7 Å². The molecule has 0 heterocycles. The van der Waals surface area contributed by atoms with Crippen molar-refractivity contribution >= 4 is 11.9 Å². The van der Waals surface area contributed by atoms with Gasteiger partial charge in [-0.2, -0.15) is 0 Å². The fraction of sp³-hybridized carbons (Fsp3) is 0.857. The van der Waals surface area contributed by atoms with Crippen LogP contribution in [-0.2, 0) is 9.59 Å². The Hall–Kier alpha value is -1.18. The number of hydrogen-bond donors (Lipinski definition) is 5. The molecule has 2 unspecified atom stereocenters. The second-order valence-electron chi connectivity index (χ2n) is 5.52. The predicted octanol–water partition coefficient (Wildman–Crippen LogP) is -0.264. The second kappa shape index (κ2) is 9.70. The number of carbonyl (C=O) groups is 2. The normalized spacial score (nSPS) is 14.5. The van der Waals surface area contributed by atoms with Crippen LogP contribution in [0.3, 0.4) is 0 Å². The van der Waals surface area contributed by atoms with E-state index in [1.165, 1.54) is 0 Å². The molecule has 0 aromatic heterocycles. The van der Waals surface area contributed by atoms with Crippen molar-refractivity contribution in [3.05, 3.63) is 0 Å². The standard InChI is InChI=1S/C14H27NO6/c1-3-11(13(20)21)6-4-5-10(2)12(19)15-14(7-16,8-17)9-18/h10-11,16-18H,3-9H2,1-2H3,(H,15,19)(H,20,21). The van der Waals surface area contributed by atoms with Crippen molar-refractivity contribution in [1.82, 2.24) is 5.32 Å².